The fourth-order valence-electron chi connectivity index (χ4n) is 4.94. The van der Waals surface area contributed by atoms with Crippen LogP contribution in [-0.2, 0) is 35.2 Å². The van der Waals surface area contributed by atoms with Crippen molar-refractivity contribution in [2.45, 2.75) is 36.1 Å². The zero-order valence-electron chi connectivity index (χ0n) is 20.4. The van der Waals surface area contributed by atoms with E-state index in [-0.39, 0.29) is 5.69 Å². The summed E-state index contributed by atoms with van der Waals surface area (Å²) in [5.41, 5.74) is 0.841. The number of fused-ring (bicyclic) bond motifs is 1. The van der Waals surface area contributed by atoms with E-state index < -0.39 is 65.5 Å². The molecular formula is C27H23N2O7S2-. The van der Waals surface area contributed by atoms with Crippen molar-refractivity contribution in [2.24, 2.45) is 0 Å². The van der Waals surface area contributed by atoms with Crippen molar-refractivity contribution in [3.05, 3.63) is 107 Å². The van der Waals surface area contributed by atoms with Gasteiger partial charge in [0.15, 0.2) is 27.4 Å². The molecule has 0 N–H and O–H groups in total. The van der Waals surface area contributed by atoms with Crippen molar-refractivity contribution < 1.29 is 31.5 Å². The van der Waals surface area contributed by atoms with Crippen LogP contribution in [0.1, 0.15) is 36.8 Å². The molecule has 2 fully saturated rings. The molecule has 196 valence electrons. The van der Waals surface area contributed by atoms with Gasteiger partial charge in [0.05, 0.1) is 16.2 Å². The van der Waals surface area contributed by atoms with Gasteiger partial charge in [-0.25, -0.2) is 13.2 Å². The third kappa shape index (κ3) is 3.98. The van der Waals surface area contributed by atoms with Crippen LogP contribution in [0.3, 0.4) is 0 Å². The van der Waals surface area contributed by atoms with Crippen LogP contribution in [0.4, 0.5) is 0 Å². The van der Waals surface area contributed by atoms with E-state index in [9.17, 15) is 26.8 Å². The molecule has 2 aromatic carbocycles. The van der Waals surface area contributed by atoms with Crippen molar-refractivity contribution in [1.29, 1.82) is 0 Å². The van der Waals surface area contributed by atoms with Crippen LogP contribution >= 0.6 is 0 Å². The van der Waals surface area contributed by atoms with Gasteiger partial charge in [-0.05, 0) is 48.2 Å². The summed E-state index contributed by atoms with van der Waals surface area (Å²) in [4.78, 5) is 31.5. The summed E-state index contributed by atoms with van der Waals surface area (Å²) < 4.78 is 55.8. The van der Waals surface area contributed by atoms with Crippen molar-refractivity contribution >= 4 is 37.7 Å². The second-order valence-electron chi connectivity index (χ2n) is 9.45. The van der Waals surface area contributed by atoms with E-state index in [0.717, 1.165) is 4.90 Å². The molecule has 0 aliphatic carbocycles. The first-order valence-electron chi connectivity index (χ1n) is 11.7. The van der Waals surface area contributed by atoms with Crippen molar-refractivity contribution in [3.63, 3.8) is 0 Å². The number of carbonyl (C=O) groups is 2. The molecule has 2 saturated heterocycles. The maximum absolute atomic E-state index is 13.7. The Bertz CT molecular complexity index is 1520. The SMILES string of the molecule is CC1(C)[C@H](C(=O)OC(c2ccccc2)c2ccccc2)N2C(=O)/C(=C(/c3ccccn3)S(=O)[O-])C2S1(=O)=O. The number of pyridine rings is 1. The predicted molar refractivity (Wildman–Crippen MR) is 138 cm³/mol. The number of benzene rings is 2. The highest BCUT2D eigenvalue weighted by Gasteiger charge is 2.71. The Morgan fingerprint density at radius 2 is 1.55 bits per heavy atom. The van der Waals surface area contributed by atoms with E-state index >= 15 is 0 Å². The lowest BCUT2D eigenvalue weighted by Gasteiger charge is -2.40. The average Bonchev–Trinajstić information content (AvgIpc) is 3.05. The molecule has 0 saturated carbocycles. The molecule has 0 bridgehead atoms. The fraction of sp³-hybridized carbons (Fsp3) is 0.222. The lowest BCUT2D eigenvalue weighted by atomic mass is 9.94. The number of sulfone groups is 1. The molecule has 9 nitrogen and oxygen atoms in total. The normalized spacial score (nSPS) is 23.4. The second-order valence-corrected chi connectivity index (χ2v) is 12.9. The number of amides is 1. The van der Waals surface area contributed by atoms with Crippen LogP contribution < -0.4 is 0 Å². The number of aromatic nitrogens is 1. The van der Waals surface area contributed by atoms with Gasteiger partial charge in [0.1, 0.15) is 4.75 Å². The smallest absolute Gasteiger partial charge is 0.331 e. The van der Waals surface area contributed by atoms with E-state index in [1.807, 2.05) is 12.1 Å². The molecule has 11 heteroatoms. The molecule has 0 spiro atoms. The Hall–Kier alpha value is -3.67. The summed E-state index contributed by atoms with van der Waals surface area (Å²) in [6.07, 6.45) is 0.483. The Morgan fingerprint density at radius 1 is 1.00 bits per heavy atom. The van der Waals surface area contributed by atoms with Gasteiger partial charge >= 0.3 is 5.97 Å². The number of nitrogens with zero attached hydrogens (tertiary/aromatic N) is 2. The highest BCUT2D eigenvalue weighted by Crippen LogP contribution is 2.51. The van der Waals surface area contributed by atoms with Gasteiger partial charge in [-0.15, -0.1) is 0 Å². The molecule has 1 aromatic heterocycles. The monoisotopic (exact) mass is 551 g/mol. The second kappa shape index (κ2) is 9.57. The zero-order valence-corrected chi connectivity index (χ0v) is 22.0. The van der Waals surface area contributed by atoms with E-state index in [1.165, 1.54) is 32.2 Å². The molecule has 1 amide bonds. The van der Waals surface area contributed by atoms with Gasteiger partial charge in [0.25, 0.3) is 5.91 Å². The van der Waals surface area contributed by atoms with Gasteiger partial charge in [-0.1, -0.05) is 66.7 Å². The van der Waals surface area contributed by atoms with Crippen LogP contribution in [0.15, 0.2) is 90.6 Å². The minimum absolute atomic E-state index is 0.0592. The molecule has 3 aromatic rings. The quantitative estimate of drug-likeness (QED) is 0.198. The number of hydrogen-bond donors (Lipinski definition) is 0. The summed E-state index contributed by atoms with van der Waals surface area (Å²) in [6.45, 7) is 2.68. The lowest BCUT2D eigenvalue weighted by Crippen LogP contribution is -2.59. The highest BCUT2D eigenvalue weighted by atomic mass is 32.2. The zero-order chi connectivity index (χ0) is 27.2. The first-order valence-corrected chi connectivity index (χ1v) is 14.3. The van der Waals surface area contributed by atoms with Crippen LogP contribution in [0.25, 0.3) is 4.91 Å². The standard InChI is InChI=1S/C27H24N2O7S2/c1-27(2)23(26(31)36-21(17-11-5-3-6-12-17)18-13-7-4-8-14-18)29-24(30)20(25(29)38(27,34)35)22(37(32)33)19-15-9-10-16-28-19/h3-16,21,23,25H,1-2H3,(H,32,33)/p-1/b22-20+/t23-,25?/m0/s1. The van der Waals surface area contributed by atoms with Crippen molar-refractivity contribution in [1.82, 2.24) is 9.88 Å². The van der Waals surface area contributed by atoms with E-state index in [0.29, 0.717) is 11.1 Å². The summed E-state index contributed by atoms with van der Waals surface area (Å²) in [7, 11) is -4.25. The average molecular weight is 552 g/mol. The van der Waals surface area contributed by atoms with Gasteiger partial charge in [-0.2, -0.15) is 0 Å². The van der Waals surface area contributed by atoms with Crippen molar-refractivity contribution in [2.75, 3.05) is 0 Å². The number of ether oxygens (including phenoxy) is 1. The van der Waals surface area contributed by atoms with Gasteiger partial charge in [-0.3, -0.25) is 14.0 Å². The maximum Gasteiger partial charge on any atom is 0.331 e. The first kappa shape index (κ1) is 26.0. The van der Waals surface area contributed by atoms with Crippen LogP contribution in [0, 0.1) is 0 Å². The largest absolute Gasteiger partial charge is 0.768 e. The number of esters is 1. The van der Waals surface area contributed by atoms with Crippen LogP contribution in [-0.4, -0.2) is 55.1 Å². The Kier molecular flexibility index (Phi) is 6.54. The third-order valence-corrected chi connectivity index (χ3v) is 10.4. The van der Waals surface area contributed by atoms with E-state index in [4.69, 9.17) is 4.74 Å². The Morgan fingerprint density at radius 3 is 2.05 bits per heavy atom. The minimum Gasteiger partial charge on any atom is -0.768 e. The summed E-state index contributed by atoms with van der Waals surface area (Å²) in [5.74, 6) is -1.78. The Labute approximate surface area is 222 Å². The molecule has 2 aliphatic heterocycles. The molecule has 3 heterocycles. The van der Waals surface area contributed by atoms with Crippen molar-refractivity contribution in [3.8, 4) is 0 Å². The van der Waals surface area contributed by atoms with Gasteiger partial charge < -0.3 is 14.2 Å². The molecule has 38 heavy (non-hydrogen) atoms. The Balaban J connectivity index is 1.57. The van der Waals surface area contributed by atoms with Gasteiger partial charge in [0, 0.05) is 6.20 Å². The molecule has 0 radical (unpaired) electrons. The molecule has 3 atom stereocenters. The first-order chi connectivity index (χ1) is 18.1. The third-order valence-electron chi connectivity index (χ3n) is 6.90. The summed E-state index contributed by atoms with van der Waals surface area (Å²) in [5, 5.41) is -1.62. The lowest BCUT2D eigenvalue weighted by molar-refractivity contribution is -0.160. The van der Waals surface area contributed by atoms with E-state index in [1.54, 1.807) is 54.6 Å². The molecule has 5 rings (SSSR count). The number of rotatable bonds is 6. The van der Waals surface area contributed by atoms with Crippen LogP contribution in [0.5, 0.6) is 0 Å². The van der Waals surface area contributed by atoms with Crippen LogP contribution in [0.2, 0.25) is 0 Å². The topological polar surface area (TPSA) is 134 Å². The highest BCUT2D eigenvalue weighted by molar-refractivity contribution is 7.94. The summed E-state index contributed by atoms with van der Waals surface area (Å²) >= 11 is -2.96. The van der Waals surface area contributed by atoms with E-state index in [2.05, 4.69) is 4.98 Å². The minimum atomic E-state index is -4.25. The number of hydrogen-bond acceptors (Lipinski definition) is 8. The summed E-state index contributed by atoms with van der Waals surface area (Å²) in [6, 6.07) is 20.9. The van der Waals surface area contributed by atoms with Gasteiger partial charge in [0.2, 0.25) is 0 Å². The number of β-lactam (4-membered cyclic amide) rings is 1. The molecule has 2 aliphatic rings. The maximum atomic E-state index is 13.7. The molecule has 2 unspecified atom stereocenters. The fourth-order valence-corrected chi connectivity index (χ4v) is 7.83. The molecular weight excluding hydrogens is 528 g/mol. The predicted octanol–water partition coefficient (Wildman–Crippen LogP) is 2.75. The number of carbonyl (C=O) groups excluding carboxylic acids is 2.